The van der Waals surface area contributed by atoms with Crippen LogP contribution in [0.4, 0.5) is 10.1 Å². The highest BCUT2D eigenvalue weighted by molar-refractivity contribution is 7.99. The Hall–Kier alpha value is -1.49. The normalized spacial score (nSPS) is 10.7. The lowest BCUT2D eigenvalue weighted by Crippen LogP contribution is -1.89. The first-order valence-electron chi connectivity index (χ1n) is 4.73. The molecule has 0 amide bonds. The van der Waals surface area contributed by atoms with Gasteiger partial charge in [-0.05, 0) is 43.8 Å². The molecule has 2 rings (SSSR count). The lowest BCUT2D eigenvalue weighted by atomic mass is 10.3. The van der Waals surface area contributed by atoms with E-state index in [2.05, 4.69) is 4.98 Å². The van der Waals surface area contributed by atoms with E-state index in [-0.39, 0.29) is 5.82 Å². The number of nitrogens with zero attached hydrogens (tertiary/aromatic N) is 1. The van der Waals surface area contributed by atoms with E-state index >= 15 is 0 Å². The molecule has 5 heteroatoms. The maximum Gasteiger partial charge on any atom is 0.261 e. The number of anilines is 1. The predicted octanol–water partition coefficient (Wildman–Crippen LogP) is 3.16. The van der Waals surface area contributed by atoms with Gasteiger partial charge in [-0.3, -0.25) is 0 Å². The SMILES string of the molecule is Cc1nc(Sc2cc(F)ccc2N)oc1C. The Morgan fingerprint density at radius 1 is 1.38 bits per heavy atom. The number of aryl methyl sites for hydroxylation is 2. The van der Waals surface area contributed by atoms with Gasteiger partial charge in [-0.15, -0.1) is 0 Å². The van der Waals surface area contributed by atoms with Crippen LogP contribution in [0.15, 0.2) is 32.7 Å². The van der Waals surface area contributed by atoms with Crippen LogP contribution in [0.1, 0.15) is 11.5 Å². The molecule has 0 bridgehead atoms. The minimum atomic E-state index is -0.322. The fourth-order valence-corrected chi connectivity index (χ4v) is 2.07. The molecule has 1 aromatic carbocycles. The second kappa shape index (κ2) is 4.17. The van der Waals surface area contributed by atoms with Crippen LogP contribution in [-0.2, 0) is 0 Å². The second-order valence-corrected chi connectivity index (χ2v) is 4.40. The fourth-order valence-electron chi connectivity index (χ4n) is 1.18. The van der Waals surface area contributed by atoms with E-state index in [1.54, 1.807) is 0 Å². The summed E-state index contributed by atoms with van der Waals surface area (Å²) in [6, 6.07) is 4.22. The van der Waals surface area contributed by atoms with E-state index in [0.717, 1.165) is 11.5 Å². The Labute approximate surface area is 96.9 Å². The van der Waals surface area contributed by atoms with Crippen molar-refractivity contribution in [3.63, 3.8) is 0 Å². The first-order valence-corrected chi connectivity index (χ1v) is 5.55. The maximum atomic E-state index is 13.0. The van der Waals surface area contributed by atoms with Gasteiger partial charge in [0.2, 0.25) is 0 Å². The standard InChI is InChI=1S/C11H11FN2OS/c1-6-7(2)15-11(14-6)16-10-5-8(12)3-4-9(10)13/h3-5H,13H2,1-2H3. The lowest BCUT2D eigenvalue weighted by Gasteiger charge is -2.01. The van der Waals surface area contributed by atoms with Crippen LogP contribution in [-0.4, -0.2) is 4.98 Å². The van der Waals surface area contributed by atoms with Crippen LogP contribution in [0.5, 0.6) is 0 Å². The van der Waals surface area contributed by atoms with Crippen molar-refractivity contribution >= 4 is 17.4 Å². The summed E-state index contributed by atoms with van der Waals surface area (Å²) in [4.78, 5) is 4.81. The van der Waals surface area contributed by atoms with Gasteiger partial charge in [0.25, 0.3) is 5.22 Å². The number of halogens is 1. The summed E-state index contributed by atoms with van der Waals surface area (Å²) in [6.07, 6.45) is 0. The molecule has 0 spiro atoms. The van der Waals surface area contributed by atoms with Gasteiger partial charge in [-0.1, -0.05) is 0 Å². The number of nitrogen functional groups attached to an aromatic ring is 1. The average Bonchev–Trinajstić information content (AvgIpc) is 2.52. The summed E-state index contributed by atoms with van der Waals surface area (Å²) in [6.45, 7) is 3.69. The van der Waals surface area contributed by atoms with Gasteiger partial charge in [0.05, 0.1) is 5.69 Å². The van der Waals surface area contributed by atoms with Gasteiger partial charge < -0.3 is 10.2 Å². The van der Waals surface area contributed by atoms with Gasteiger partial charge in [0.15, 0.2) is 0 Å². The molecule has 0 aliphatic carbocycles. The summed E-state index contributed by atoms with van der Waals surface area (Å²) in [5.41, 5.74) is 7.07. The Balaban J connectivity index is 2.29. The average molecular weight is 238 g/mol. The first-order chi connectivity index (χ1) is 7.56. The third-order valence-electron chi connectivity index (χ3n) is 2.18. The van der Waals surface area contributed by atoms with Crippen molar-refractivity contribution in [3.05, 3.63) is 35.5 Å². The Bertz CT molecular complexity index is 505. The van der Waals surface area contributed by atoms with Gasteiger partial charge >= 0.3 is 0 Å². The van der Waals surface area contributed by atoms with Crippen molar-refractivity contribution in [2.75, 3.05) is 5.73 Å². The van der Waals surface area contributed by atoms with E-state index in [9.17, 15) is 4.39 Å². The Kier molecular flexibility index (Phi) is 2.87. The second-order valence-electron chi connectivity index (χ2n) is 3.41. The predicted molar refractivity (Wildman–Crippen MR) is 60.9 cm³/mol. The first kappa shape index (κ1) is 11.0. The zero-order chi connectivity index (χ0) is 11.7. The molecule has 0 unspecified atom stereocenters. The molecule has 2 N–H and O–H groups in total. The summed E-state index contributed by atoms with van der Waals surface area (Å²) in [5, 5.41) is 0.479. The summed E-state index contributed by atoms with van der Waals surface area (Å²) in [7, 11) is 0. The van der Waals surface area contributed by atoms with E-state index in [4.69, 9.17) is 10.2 Å². The van der Waals surface area contributed by atoms with E-state index in [1.165, 1.54) is 30.0 Å². The van der Waals surface area contributed by atoms with Crippen LogP contribution >= 0.6 is 11.8 Å². The van der Waals surface area contributed by atoms with Crippen LogP contribution < -0.4 is 5.73 Å². The minimum absolute atomic E-state index is 0.322. The molecule has 16 heavy (non-hydrogen) atoms. The van der Waals surface area contributed by atoms with Crippen molar-refractivity contribution in [1.29, 1.82) is 0 Å². The van der Waals surface area contributed by atoms with Gasteiger partial charge in [-0.25, -0.2) is 9.37 Å². The van der Waals surface area contributed by atoms with Crippen LogP contribution in [0.3, 0.4) is 0 Å². The van der Waals surface area contributed by atoms with Gasteiger partial charge in [-0.2, -0.15) is 0 Å². The number of oxazole rings is 1. The Morgan fingerprint density at radius 3 is 2.75 bits per heavy atom. The minimum Gasteiger partial charge on any atom is -0.436 e. The van der Waals surface area contributed by atoms with E-state index in [0.29, 0.717) is 15.8 Å². The number of rotatable bonds is 2. The Morgan fingerprint density at radius 2 is 2.12 bits per heavy atom. The fraction of sp³-hybridized carbons (Fsp3) is 0.182. The molecular formula is C11H11FN2OS. The van der Waals surface area contributed by atoms with Crippen molar-refractivity contribution in [1.82, 2.24) is 4.98 Å². The number of hydrogen-bond acceptors (Lipinski definition) is 4. The molecule has 0 aliphatic rings. The lowest BCUT2D eigenvalue weighted by molar-refractivity contribution is 0.431. The molecule has 0 radical (unpaired) electrons. The molecule has 1 heterocycles. The number of nitrogens with two attached hydrogens (primary N) is 1. The van der Waals surface area contributed by atoms with Crippen LogP contribution in [0, 0.1) is 19.7 Å². The molecule has 0 fully saturated rings. The smallest absolute Gasteiger partial charge is 0.261 e. The highest BCUT2D eigenvalue weighted by Gasteiger charge is 2.10. The van der Waals surface area contributed by atoms with Crippen molar-refractivity contribution in [2.45, 2.75) is 24.0 Å². The van der Waals surface area contributed by atoms with Crippen molar-refractivity contribution in [2.24, 2.45) is 0 Å². The molecule has 0 aliphatic heterocycles. The van der Waals surface area contributed by atoms with Crippen molar-refractivity contribution in [3.8, 4) is 0 Å². The molecule has 1 aromatic heterocycles. The van der Waals surface area contributed by atoms with Crippen molar-refractivity contribution < 1.29 is 8.81 Å². The molecule has 2 aromatic rings. The zero-order valence-electron chi connectivity index (χ0n) is 8.95. The highest BCUT2D eigenvalue weighted by Crippen LogP contribution is 2.32. The zero-order valence-corrected chi connectivity index (χ0v) is 9.77. The van der Waals surface area contributed by atoms with E-state index in [1.807, 2.05) is 13.8 Å². The quantitative estimate of drug-likeness (QED) is 0.816. The number of aromatic nitrogens is 1. The molecule has 3 nitrogen and oxygen atoms in total. The van der Waals surface area contributed by atoms with Gasteiger partial charge in [0.1, 0.15) is 11.6 Å². The number of hydrogen-bond donors (Lipinski definition) is 1. The van der Waals surface area contributed by atoms with Crippen LogP contribution in [0.2, 0.25) is 0 Å². The summed E-state index contributed by atoms with van der Waals surface area (Å²) < 4.78 is 18.4. The molecule has 0 saturated heterocycles. The van der Waals surface area contributed by atoms with E-state index < -0.39 is 0 Å². The largest absolute Gasteiger partial charge is 0.436 e. The third kappa shape index (κ3) is 2.19. The molecule has 0 atom stereocenters. The van der Waals surface area contributed by atoms with Gasteiger partial charge in [0, 0.05) is 10.6 Å². The summed E-state index contributed by atoms with van der Waals surface area (Å²) in [5.74, 6) is 0.439. The third-order valence-corrected chi connectivity index (χ3v) is 3.10. The van der Waals surface area contributed by atoms with Crippen LogP contribution in [0.25, 0.3) is 0 Å². The topological polar surface area (TPSA) is 52.0 Å². The monoisotopic (exact) mass is 238 g/mol. The molecular weight excluding hydrogens is 227 g/mol. The summed E-state index contributed by atoms with van der Waals surface area (Å²) >= 11 is 1.22. The molecule has 0 saturated carbocycles. The molecule has 84 valence electrons. The number of benzene rings is 1. The maximum absolute atomic E-state index is 13.0. The highest BCUT2D eigenvalue weighted by atomic mass is 32.2.